The van der Waals surface area contributed by atoms with E-state index < -0.39 is 0 Å². The predicted molar refractivity (Wildman–Crippen MR) is 81.2 cm³/mol. The summed E-state index contributed by atoms with van der Waals surface area (Å²) in [6, 6.07) is 5.54. The van der Waals surface area contributed by atoms with E-state index in [0.717, 1.165) is 24.3 Å². The fourth-order valence-electron chi connectivity index (χ4n) is 1.98. The van der Waals surface area contributed by atoms with Gasteiger partial charge < -0.3 is 15.2 Å². The molecule has 1 aromatic rings. The summed E-state index contributed by atoms with van der Waals surface area (Å²) in [5, 5.41) is 13.6. The molecule has 0 heterocycles. The minimum Gasteiger partial charge on any atom is -0.492 e. The fourth-order valence-corrected chi connectivity index (χ4v) is 2.16. The Hall–Kier alpha value is -0.930. The van der Waals surface area contributed by atoms with Crippen LogP contribution in [0.15, 0.2) is 18.2 Å². The van der Waals surface area contributed by atoms with Gasteiger partial charge in [-0.15, -0.1) is 0 Å². The van der Waals surface area contributed by atoms with Crippen molar-refractivity contribution < 1.29 is 9.84 Å². The number of rotatable bonds is 8. The van der Waals surface area contributed by atoms with E-state index in [2.05, 4.69) is 19.2 Å². The van der Waals surface area contributed by atoms with Gasteiger partial charge in [0.2, 0.25) is 0 Å². The lowest BCUT2D eigenvalue weighted by Crippen LogP contribution is -2.32. The third-order valence-corrected chi connectivity index (χ3v) is 3.97. The maximum absolute atomic E-state index is 9.58. The van der Waals surface area contributed by atoms with Crippen LogP contribution in [0.5, 0.6) is 5.75 Å². The topological polar surface area (TPSA) is 41.5 Å². The van der Waals surface area contributed by atoms with Crippen molar-refractivity contribution in [3.63, 3.8) is 0 Å². The van der Waals surface area contributed by atoms with E-state index in [4.69, 9.17) is 16.3 Å². The Balaban J connectivity index is 2.83. The summed E-state index contributed by atoms with van der Waals surface area (Å²) in [5.74, 6) is 0.797. The van der Waals surface area contributed by atoms with Gasteiger partial charge in [-0.25, -0.2) is 0 Å². The highest BCUT2D eigenvalue weighted by Gasteiger charge is 2.25. The lowest BCUT2D eigenvalue weighted by atomic mass is 9.83. The molecule has 0 saturated heterocycles. The van der Waals surface area contributed by atoms with Crippen molar-refractivity contribution in [2.75, 3.05) is 25.1 Å². The van der Waals surface area contributed by atoms with E-state index in [1.807, 2.05) is 25.1 Å². The van der Waals surface area contributed by atoms with Gasteiger partial charge in [-0.2, -0.15) is 0 Å². The van der Waals surface area contributed by atoms with Gasteiger partial charge in [0.05, 0.1) is 18.9 Å². The molecule has 0 aliphatic carbocycles. The summed E-state index contributed by atoms with van der Waals surface area (Å²) < 4.78 is 5.57. The first kappa shape index (κ1) is 16.1. The van der Waals surface area contributed by atoms with Gasteiger partial charge in [0, 0.05) is 17.0 Å². The Labute approximate surface area is 120 Å². The van der Waals surface area contributed by atoms with Crippen LogP contribution in [-0.4, -0.2) is 24.9 Å². The number of benzene rings is 1. The second-order valence-corrected chi connectivity index (χ2v) is 5.23. The van der Waals surface area contributed by atoms with Crippen LogP contribution >= 0.6 is 11.6 Å². The number of aliphatic hydroxyl groups is 1. The number of hydrogen-bond donors (Lipinski definition) is 2. The highest BCUT2D eigenvalue weighted by atomic mass is 35.5. The third-order valence-electron chi connectivity index (χ3n) is 3.73. The van der Waals surface area contributed by atoms with Crippen molar-refractivity contribution in [3.8, 4) is 5.75 Å². The Morgan fingerprint density at radius 2 is 1.95 bits per heavy atom. The average molecular weight is 286 g/mol. The van der Waals surface area contributed by atoms with Crippen LogP contribution in [0.3, 0.4) is 0 Å². The fraction of sp³-hybridized carbons (Fsp3) is 0.600. The van der Waals surface area contributed by atoms with Gasteiger partial charge in [0.25, 0.3) is 0 Å². The lowest BCUT2D eigenvalue weighted by molar-refractivity contribution is 0.127. The highest BCUT2D eigenvalue weighted by molar-refractivity contribution is 6.30. The molecule has 0 unspecified atom stereocenters. The normalized spacial score (nSPS) is 11.4. The molecule has 0 atom stereocenters. The van der Waals surface area contributed by atoms with Crippen LogP contribution < -0.4 is 10.1 Å². The summed E-state index contributed by atoms with van der Waals surface area (Å²) in [6.45, 7) is 7.65. The van der Waals surface area contributed by atoms with Crippen LogP contribution in [0.25, 0.3) is 0 Å². The predicted octanol–water partition coefficient (Wildman–Crippen LogP) is 3.95. The largest absolute Gasteiger partial charge is 0.492 e. The molecule has 0 bridgehead atoms. The van der Waals surface area contributed by atoms with E-state index in [1.54, 1.807) is 0 Å². The molecule has 1 rings (SSSR count). The van der Waals surface area contributed by atoms with Crippen LogP contribution in [0.1, 0.15) is 33.6 Å². The van der Waals surface area contributed by atoms with Gasteiger partial charge in [0.15, 0.2) is 0 Å². The number of anilines is 1. The van der Waals surface area contributed by atoms with E-state index in [1.165, 1.54) is 0 Å². The Kier molecular flexibility index (Phi) is 6.46. The van der Waals surface area contributed by atoms with Crippen molar-refractivity contribution >= 4 is 17.3 Å². The minimum absolute atomic E-state index is 0.0915. The highest BCUT2D eigenvalue weighted by Crippen LogP contribution is 2.31. The number of hydrogen-bond acceptors (Lipinski definition) is 3. The average Bonchev–Trinajstić information content (AvgIpc) is 2.44. The van der Waals surface area contributed by atoms with E-state index >= 15 is 0 Å². The standard InChI is InChI=1S/C15H24ClNO2/c1-4-15(5-2,11-18)10-17-13-9-12(16)7-8-14(13)19-6-3/h7-9,17-18H,4-6,10-11H2,1-3H3. The van der Waals surface area contributed by atoms with Crippen LogP contribution in [-0.2, 0) is 0 Å². The minimum atomic E-state index is -0.0915. The smallest absolute Gasteiger partial charge is 0.142 e. The molecule has 0 aromatic heterocycles. The number of ether oxygens (including phenoxy) is 1. The molecular weight excluding hydrogens is 262 g/mol. The van der Waals surface area contributed by atoms with Gasteiger partial charge >= 0.3 is 0 Å². The molecule has 4 heteroatoms. The second kappa shape index (κ2) is 7.61. The SMILES string of the molecule is CCOc1ccc(Cl)cc1NCC(CC)(CC)CO. The summed E-state index contributed by atoms with van der Waals surface area (Å²) >= 11 is 6.02. The molecule has 2 N–H and O–H groups in total. The maximum atomic E-state index is 9.58. The monoisotopic (exact) mass is 285 g/mol. The van der Waals surface area contributed by atoms with Gasteiger partial charge in [0.1, 0.15) is 5.75 Å². The van der Waals surface area contributed by atoms with E-state index in [9.17, 15) is 5.11 Å². The van der Waals surface area contributed by atoms with Crippen molar-refractivity contribution in [1.29, 1.82) is 0 Å². The van der Waals surface area contributed by atoms with E-state index in [0.29, 0.717) is 18.2 Å². The molecule has 108 valence electrons. The summed E-state index contributed by atoms with van der Waals surface area (Å²) in [4.78, 5) is 0. The first-order valence-electron chi connectivity index (χ1n) is 6.88. The molecule has 0 saturated carbocycles. The van der Waals surface area contributed by atoms with Crippen LogP contribution in [0.2, 0.25) is 5.02 Å². The molecule has 0 aliphatic rings. The first-order chi connectivity index (χ1) is 9.10. The molecule has 0 aliphatic heterocycles. The van der Waals surface area contributed by atoms with E-state index in [-0.39, 0.29) is 12.0 Å². The summed E-state index contributed by atoms with van der Waals surface area (Å²) in [7, 11) is 0. The van der Waals surface area contributed by atoms with Crippen LogP contribution in [0, 0.1) is 5.41 Å². The zero-order valence-electron chi connectivity index (χ0n) is 12.0. The van der Waals surface area contributed by atoms with Crippen molar-refractivity contribution in [3.05, 3.63) is 23.2 Å². The quantitative estimate of drug-likeness (QED) is 0.760. The molecule has 0 fully saturated rings. The first-order valence-corrected chi connectivity index (χ1v) is 7.25. The molecule has 0 spiro atoms. The zero-order chi connectivity index (χ0) is 14.3. The third kappa shape index (κ3) is 4.29. The number of aliphatic hydroxyl groups excluding tert-OH is 1. The zero-order valence-corrected chi connectivity index (χ0v) is 12.8. The Bertz CT molecular complexity index is 383. The van der Waals surface area contributed by atoms with Gasteiger partial charge in [-0.05, 0) is 38.0 Å². The van der Waals surface area contributed by atoms with Crippen molar-refractivity contribution in [2.45, 2.75) is 33.6 Å². The number of halogens is 1. The maximum Gasteiger partial charge on any atom is 0.142 e. The Morgan fingerprint density at radius 3 is 2.47 bits per heavy atom. The molecular formula is C15H24ClNO2. The van der Waals surface area contributed by atoms with Gasteiger partial charge in [-0.3, -0.25) is 0 Å². The summed E-state index contributed by atoms with van der Waals surface area (Å²) in [6.07, 6.45) is 1.86. The van der Waals surface area contributed by atoms with Crippen molar-refractivity contribution in [1.82, 2.24) is 0 Å². The number of nitrogens with one attached hydrogen (secondary N) is 1. The molecule has 1 aromatic carbocycles. The molecule has 0 radical (unpaired) electrons. The molecule has 0 amide bonds. The van der Waals surface area contributed by atoms with Crippen LogP contribution in [0.4, 0.5) is 5.69 Å². The van der Waals surface area contributed by atoms with Gasteiger partial charge in [-0.1, -0.05) is 25.4 Å². The summed E-state index contributed by atoms with van der Waals surface area (Å²) in [5.41, 5.74) is 0.792. The molecule has 19 heavy (non-hydrogen) atoms. The second-order valence-electron chi connectivity index (χ2n) is 4.79. The lowest BCUT2D eigenvalue weighted by Gasteiger charge is -2.30. The molecule has 3 nitrogen and oxygen atoms in total. The van der Waals surface area contributed by atoms with Crippen molar-refractivity contribution in [2.24, 2.45) is 5.41 Å². The Morgan fingerprint density at radius 1 is 1.26 bits per heavy atom.